The predicted octanol–water partition coefficient (Wildman–Crippen LogP) is 3.25. The van der Waals surface area contributed by atoms with Gasteiger partial charge in [0.25, 0.3) is 5.79 Å². The molecular formula is C22H26N2O7. The van der Waals surface area contributed by atoms with Crippen molar-refractivity contribution in [2.45, 2.75) is 58.5 Å². The van der Waals surface area contributed by atoms with Crippen LogP contribution in [0.1, 0.15) is 40.2 Å². The second kappa shape index (κ2) is 7.98. The lowest BCUT2D eigenvalue weighted by Gasteiger charge is -2.31. The Labute approximate surface area is 179 Å². The van der Waals surface area contributed by atoms with Gasteiger partial charge >= 0.3 is 18.0 Å². The maximum atomic E-state index is 12.4. The molecule has 166 valence electrons. The van der Waals surface area contributed by atoms with Gasteiger partial charge in [0.2, 0.25) is 0 Å². The van der Waals surface area contributed by atoms with Gasteiger partial charge in [0, 0.05) is 37.4 Å². The first-order valence-corrected chi connectivity index (χ1v) is 9.80. The number of fused-ring (bicyclic) bond motifs is 1. The van der Waals surface area contributed by atoms with Crippen LogP contribution in [0, 0.1) is 0 Å². The second-order valence-electron chi connectivity index (χ2n) is 8.70. The minimum atomic E-state index is -1.46. The van der Waals surface area contributed by atoms with Gasteiger partial charge in [-0.2, -0.15) is 0 Å². The summed E-state index contributed by atoms with van der Waals surface area (Å²) in [4.78, 5) is 40.3. The standard InChI is InChI=1S/C22H26N2O7/c1-21(2,3)31-20(28)24-15(10-12-11-23-14-9-7-6-8-13(12)14)17(25)16-18(26)29-22(4,5)30-19(16)27/h6-9,11,15,23,25H,10H2,1-5H3,(H,24,28)/t15-/m1/s1. The highest BCUT2D eigenvalue weighted by Crippen LogP contribution is 2.27. The molecule has 3 rings (SSSR count). The van der Waals surface area contributed by atoms with Gasteiger partial charge in [-0.25, -0.2) is 14.4 Å². The molecule has 2 heterocycles. The summed E-state index contributed by atoms with van der Waals surface area (Å²) < 4.78 is 15.4. The summed E-state index contributed by atoms with van der Waals surface area (Å²) in [5.41, 5.74) is 0.158. The Bertz CT molecular complexity index is 1040. The molecule has 9 nitrogen and oxygen atoms in total. The highest BCUT2D eigenvalue weighted by molar-refractivity contribution is 6.16. The van der Waals surface area contributed by atoms with E-state index in [1.54, 1.807) is 27.0 Å². The molecule has 0 aliphatic carbocycles. The van der Waals surface area contributed by atoms with Crippen LogP contribution in [-0.2, 0) is 30.2 Å². The van der Waals surface area contributed by atoms with Crippen LogP contribution in [0.15, 0.2) is 41.8 Å². The molecule has 0 unspecified atom stereocenters. The van der Waals surface area contributed by atoms with Crippen molar-refractivity contribution >= 4 is 28.9 Å². The lowest BCUT2D eigenvalue weighted by molar-refractivity contribution is -0.222. The average molecular weight is 430 g/mol. The lowest BCUT2D eigenvalue weighted by atomic mass is 10.0. The van der Waals surface area contributed by atoms with Crippen molar-refractivity contribution in [3.8, 4) is 0 Å². The van der Waals surface area contributed by atoms with E-state index in [0.29, 0.717) is 0 Å². The van der Waals surface area contributed by atoms with E-state index in [9.17, 15) is 19.5 Å². The number of para-hydroxylation sites is 1. The number of rotatable bonds is 4. The number of aromatic nitrogens is 1. The number of ether oxygens (including phenoxy) is 3. The number of H-pyrrole nitrogens is 1. The number of hydrogen-bond acceptors (Lipinski definition) is 7. The van der Waals surface area contributed by atoms with Crippen LogP contribution in [0.2, 0.25) is 0 Å². The Morgan fingerprint density at radius 2 is 1.81 bits per heavy atom. The number of esters is 2. The first kappa shape index (κ1) is 22.2. The monoisotopic (exact) mass is 430 g/mol. The van der Waals surface area contributed by atoms with E-state index in [-0.39, 0.29) is 6.42 Å². The molecule has 31 heavy (non-hydrogen) atoms. The molecule has 1 atom stereocenters. The number of alkyl carbamates (subject to hydrolysis) is 1. The van der Waals surface area contributed by atoms with Crippen molar-refractivity contribution in [3.05, 3.63) is 47.4 Å². The van der Waals surface area contributed by atoms with E-state index >= 15 is 0 Å². The van der Waals surface area contributed by atoms with E-state index in [4.69, 9.17) is 14.2 Å². The van der Waals surface area contributed by atoms with Crippen molar-refractivity contribution in [1.82, 2.24) is 10.3 Å². The Morgan fingerprint density at radius 1 is 1.19 bits per heavy atom. The molecule has 1 aromatic carbocycles. The summed E-state index contributed by atoms with van der Waals surface area (Å²) in [6.45, 7) is 7.88. The van der Waals surface area contributed by atoms with Crippen LogP contribution in [0.5, 0.6) is 0 Å². The summed E-state index contributed by atoms with van der Waals surface area (Å²) in [6, 6.07) is 6.33. The Morgan fingerprint density at radius 3 is 2.42 bits per heavy atom. The smallest absolute Gasteiger partial charge is 0.408 e. The molecule has 1 aliphatic rings. The zero-order chi connectivity index (χ0) is 23.0. The zero-order valence-corrected chi connectivity index (χ0v) is 18.1. The number of nitrogens with one attached hydrogen (secondary N) is 2. The molecular weight excluding hydrogens is 404 g/mol. The Kier molecular flexibility index (Phi) is 5.71. The molecule has 1 amide bonds. The highest BCUT2D eigenvalue weighted by atomic mass is 16.7. The number of aliphatic hydroxyl groups excluding tert-OH is 1. The Balaban J connectivity index is 1.98. The summed E-state index contributed by atoms with van der Waals surface area (Å²) in [5, 5.41) is 14.3. The first-order valence-electron chi connectivity index (χ1n) is 9.80. The van der Waals surface area contributed by atoms with Crippen molar-refractivity contribution in [2.75, 3.05) is 0 Å². The number of carbonyl (C=O) groups is 3. The van der Waals surface area contributed by atoms with Gasteiger partial charge in [-0.15, -0.1) is 0 Å². The van der Waals surface area contributed by atoms with Crippen LogP contribution in [0.25, 0.3) is 10.9 Å². The van der Waals surface area contributed by atoms with E-state index in [0.717, 1.165) is 16.5 Å². The quantitative estimate of drug-likeness (QED) is 0.294. The van der Waals surface area contributed by atoms with Gasteiger partial charge in [0.15, 0.2) is 5.57 Å². The third kappa shape index (κ3) is 5.17. The maximum Gasteiger partial charge on any atom is 0.408 e. The van der Waals surface area contributed by atoms with Crippen LogP contribution < -0.4 is 5.32 Å². The minimum absolute atomic E-state index is 0.0720. The number of carbonyl (C=O) groups excluding carboxylic acids is 3. The van der Waals surface area contributed by atoms with E-state index in [1.807, 2.05) is 24.3 Å². The number of amides is 1. The molecule has 2 aromatic rings. The first-order chi connectivity index (χ1) is 14.4. The summed E-state index contributed by atoms with van der Waals surface area (Å²) in [7, 11) is 0. The number of cyclic esters (lactones) is 2. The molecule has 0 spiro atoms. The largest absolute Gasteiger partial charge is 0.509 e. The number of benzene rings is 1. The van der Waals surface area contributed by atoms with E-state index in [1.165, 1.54) is 13.8 Å². The Hall–Kier alpha value is -3.49. The normalized spacial score (nSPS) is 17.0. The highest BCUT2D eigenvalue weighted by Gasteiger charge is 2.42. The van der Waals surface area contributed by atoms with E-state index < -0.39 is 46.8 Å². The maximum absolute atomic E-state index is 12.4. The third-order valence-electron chi connectivity index (χ3n) is 4.46. The van der Waals surface area contributed by atoms with Crippen LogP contribution in [0.3, 0.4) is 0 Å². The number of hydrogen-bond donors (Lipinski definition) is 3. The lowest BCUT2D eigenvalue weighted by Crippen LogP contribution is -2.46. The fourth-order valence-corrected chi connectivity index (χ4v) is 3.22. The summed E-state index contributed by atoms with van der Waals surface area (Å²) in [5.74, 6) is -4.19. The van der Waals surface area contributed by atoms with Gasteiger partial charge < -0.3 is 29.6 Å². The molecule has 1 saturated heterocycles. The van der Waals surface area contributed by atoms with Crippen molar-refractivity contribution in [3.63, 3.8) is 0 Å². The van der Waals surface area contributed by atoms with Gasteiger partial charge in [-0.05, 0) is 32.4 Å². The average Bonchev–Trinajstić information content (AvgIpc) is 3.01. The van der Waals surface area contributed by atoms with Crippen molar-refractivity contribution < 1.29 is 33.7 Å². The third-order valence-corrected chi connectivity index (χ3v) is 4.46. The summed E-state index contributed by atoms with van der Waals surface area (Å²) >= 11 is 0. The summed E-state index contributed by atoms with van der Waals surface area (Å²) in [6.07, 6.45) is 0.984. The molecule has 1 aromatic heterocycles. The van der Waals surface area contributed by atoms with Crippen LogP contribution in [-0.4, -0.2) is 45.6 Å². The number of aliphatic hydroxyl groups is 1. The molecule has 0 radical (unpaired) electrons. The van der Waals surface area contributed by atoms with Gasteiger partial charge in [0.1, 0.15) is 11.4 Å². The number of aromatic amines is 1. The van der Waals surface area contributed by atoms with Gasteiger partial charge in [-0.3, -0.25) is 0 Å². The minimum Gasteiger partial charge on any atom is -0.509 e. The van der Waals surface area contributed by atoms with Gasteiger partial charge in [0.05, 0.1) is 6.04 Å². The van der Waals surface area contributed by atoms with Crippen molar-refractivity contribution in [2.24, 2.45) is 0 Å². The molecule has 3 N–H and O–H groups in total. The van der Waals surface area contributed by atoms with E-state index in [2.05, 4.69) is 10.3 Å². The molecule has 0 bridgehead atoms. The van der Waals surface area contributed by atoms with Crippen molar-refractivity contribution in [1.29, 1.82) is 0 Å². The van der Waals surface area contributed by atoms with Gasteiger partial charge in [-0.1, -0.05) is 18.2 Å². The topological polar surface area (TPSA) is 127 Å². The van der Waals surface area contributed by atoms with Crippen LogP contribution in [0.4, 0.5) is 4.79 Å². The SMILES string of the molecule is CC(C)(C)OC(=O)N[C@H](Cc1c[nH]c2ccccc12)C(O)=C1C(=O)OC(C)(C)OC1=O. The molecule has 1 aliphatic heterocycles. The fourth-order valence-electron chi connectivity index (χ4n) is 3.22. The molecule has 0 saturated carbocycles. The van der Waals surface area contributed by atoms with Crippen LogP contribution >= 0.6 is 0 Å². The fraction of sp³-hybridized carbons (Fsp3) is 0.409. The second-order valence-corrected chi connectivity index (χ2v) is 8.70. The predicted molar refractivity (Wildman–Crippen MR) is 111 cm³/mol. The molecule has 1 fully saturated rings. The molecule has 9 heteroatoms. The zero-order valence-electron chi connectivity index (χ0n) is 18.1.